The Morgan fingerprint density at radius 2 is 1.79 bits per heavy atom. The molecule has 0 saturated heterocycles. The molecule has 2 N–H and O–H groups in total. The monoisotopic (exact) mass is 376 g/mol. The van der Waals surface area contributed by atoms with Crippen LogP contribution in [0, 0.1) is 0 Å². The molecule has 0 radical (unpaired) electrons. The van der Waals surface area contributed by atoms with Crippen molar-refractivity contribution in [2.24, 2.45) is 0 Å². The van der Waals surface area contributed by atoms with Crippen molar-refractivity contribution in [3.8, 4) is 17.2 Å². The lowest BCUT2D eigenvalue weighted by Gasteiger charge is -2.13. The molecule has 0 unspecified atom stereocenters. The molecule has 0 aliphatic carbocycles. The molecule has 28 heavy (non-hydrogen) atoms. The molecule has 0 aromatic heterocycles. The lowest BCUT2D eigenvalue weighted by molar-refractivity contribution is 0.0951. The smallest absolute Gasteiger partial charge is 0.253 e. The fraction of sp³-hybridized carbons (Fsp3) is 0.136. The molecule has 3 aromatic carbocycles. The Hall–Kier alpha value is -3.67. The minimum absolute atomic E-state index is 0.158. The van der Waals surface area contributed by atoms with Gasteiger partial charge in [-0.1, -0.05) is 18.2 Å². The number of benzene rings is 3. The van der Waals surface area contributed by atoms with Gasteiger partial charge in [0.25, 0.3) is 5.91 Å². The van der Waals surface area contributed by atoms with E-state index in [9.17, 15) is 4.79 Å². The number of anilines is 2. The predicted octanol–water partition coefficient (Wildman–Crippen LogP) is 4.10. The lowest BCUT2D eigenvalue weighted by atomic mass is 10.1. The van der Waals surface area contributed by atoms with E-state index >= 15 is 0 Å². The zero-order valence-electron chi connectivity index (χ0n) is 15.4. The molecule has 1 aliphatic rings. The van der Waals surface area contributed by atoms with E-state index in [4.69, 9.17) is 14.2 Å². The Morgan fingerprint density at radius 1 is 1.00 bits per heavy atom. The summed E-state index contributed by atoms with van der Waals surface area (Å²) in [5.41, 5.74) is 3.12. The van der Waals surface area contributed by atoms with Gasteiger partial charge in [-0.05, 0) is 54.1 Å². The van der Waals surface area contributed by atoms with Gasteiger partial charge >= 0.3 is 0 Å². The number of fused-ring (bicyclic) bond motifs is 1. The number of ether oxygens (including phenoxy) is 3. The van der Waals surface area contributed by atoms with Crippen LogP contribution >= 0.6 is 0 Å². The van der Waals surface area contributed by atoms with Gasteiger partial charge < -0.3 is 24.8 Å². The van der Waals surface area contributed by atoms with Crippen molar-refractivity contribution < 1.29 is 19.0 Å². The predicted molar refractivity (Wildman–Crippen MR) is 106 cm³/mol. The number of hydrogen-bond donors (Lipinski definition) is 2. The number of nitrogens with one attached hydrogen (secondary N) is 2. The van der Waals surface area contributed by atoms with Crippen molar-refractivity contribution in [3.63, 3.8) is 0 Å². The topological polar surface area (TPSA) is 68.8 Å². The van der Waals surface area contributed by atoms with Gasteiger partial charge in [0.15, 0.2) is 11.5 Å². The number of para-hydroxylation sites is 1. The highest BCUT2D eigenvalue weighted by atomic mass is 16.7. The molecule has 6 heteroatoms. The van der Waals surface area contributed by atoms with Gasteiger partial charge in [0.1, 0.15) is 5.75 Å². The Balaban J connectivity index is 1.45. The van der Waals surface area contributed by atoms with Crippen molar-refractivity contribution >= 4 is 17.3 Å². The van der Waals surface area contributed by atoms with Crippen molar-refractivity contribution in [1.29, 1.82) is 0 Å². The highest BCUT2D eigenvalue weighted by Crippen LogP contribution is 2.32. The van der Waals surface area contributed by atoms with Crippen LogP contribution in [0.1, 0.15) is 15.9 Å². The van der Waals surface area contributed by atoms with Gasteiger partial charge in [-0.3, -0.25) is 4.79 Å². The van der Waals surface area contributed by atoms with Gasteiger partial charge in [-0.25, -0.2) is 0 Å². The van der Waals surface area contributed by atoms with E-state index in [1.54, 1.807) is 13.2 Å². The van der Waals surface area contributed by atoms with Crippen LogP contribution in [-0.4, -0.2) is 19.8 Å². The number of carbonyl (C=O) groups is 1. The normalized spacial score (nSPS) is 11.8. The van der Waals surface area contributed by atoms with Crippen LogP contribution in [0.3, 0.4) is 0 Å². The first-order chi connectivity index (χ1) is 13.7. The zero-order chi connectivity index (χ0) is 19.3. The first kappa shape index (κ1) is 17.7. The summed E-state index contributed by atoms with van der Waals surface area (Å²) in [4.78, 5) is 12.7. The van der Waals surface area contributed by atoms with Crippen LogP contribution < -0.4 is 24.8 Å². The minimum Gasteiger partial charge on any atom is -0.497 e. The van der Waals surface area contributed by atoms with Crippen molar-refractivity contribution in [2.75, 3.05) is 19.2 Å². The molecule has 0 bridgehead atoms. The fourth-order valence-corrected chi connectivity index (χ4v) is 2.95. The van der Waals surface area contributed by atoms with Gasteiger partial charge in [0, 0.05) is 12.2 Å². The van der Waals surface area contributed by atoms with Gasteiger partial charge in [0.05, 0.1) is 18.4 Å². The molecule has 0 spiro atoms. The second-order valence-electron chi connectivity index (χ2n) is 6.27. The second kappa shape index (κ2) is 7.92. The minimum atomic E-state index is -0.158. The standard InChI is InChI=1S/C22H20N2O4/c1-26-17-9-7-16(8-10-17)24-19-5-3-2-4-18(19)22(25)23-13-15-6-11-20-21(12-15)28-14-27-20/h2-12,24H,13-14H2,1H3,(H,23,25). The molecule has 1 heterocycles. The molecule has 0 fully saturated rings. The third kappa shape index (κ3) is 3.86. The maximum absolute atomic E-state index is 12.7. The van der Waals surface area contributed by atoms with Crippen molar-refractivity contribution in [1.82, 2.24) is 5.32 Å². The van der Waals surface area contributed by atoms with Crippen LogP contribution in [0.2, 0.25) is 0 Å². The van der Waals surface area contributed by atoms with E-state index in [2.05, 4.69) is 10.6 Å². The largest absolute Gasteiger partial charge is 0.497 e. The summed E-state index contributed by atoms with van der Waals surface area (Å²) in [6, 6.07) is 20.6. The average Bonchev–Trinajstić information content (AvgIpc) is 3.21. The zero-order valence-corrected chi connectivity index (χ0v) is 15.4. The van der Waals surface area contributed by atoms with E-state index in [0.717, 1.165) is 28.4 Å². The molecule has 142 valence electrons. The van der Waals surface area contributed by atoms with Crippen molar-refractivity contribution in [2.45, 2.75) is 6.54 Å². The molecular weight excluding hydrogens is 356 g/mol. The van der Waals surface area contributed by atoms with Crippen LogP contribution in [0.15, 0.2) is 66.7 Å². The number of hydrogen-bond acceptors (Lipinski definition) is 5. The molecule has 3 aromatic rings. The quantitative estimate of drug-likeness (QED) is 0.678. The van der Waals surface area contributed by atoms with Gasteiger partial charge in [0.2, 0.25) is 6.79 Å². The first-order valence-electron chi connectivity index (χ1n) is 8.90. The summed E-state index contributed by atoms with van der Waals surface area (Å²) in [6.45, 7) is 0.627. The molecule has 4 rings (SSSR count). The Labute approximate surface area is 163 Å². The second-order valence-corrected chi connectivity index (χ2v) is 6.27. The molecule has 0 saturated carbocycles. The maximum atomic E-state index is 12.7. The van der Waals surface area contributed by atoms with Gasteiger partial charge in [-0.2, -0.15) is 0 Å². The highest BCUT2D eigenvalue weighted by Gasteiger charge is 2.15. The van der Waals surface area contributed by atoms with Crippen LogP contribution in [0.5, 0.6) is 17.2 Å². The van der Waals surface area contributed by atoms with Gasteiger partial charge in [-0.15, -0.1) is 0 Å². The molecular formula is C22H20N2O4. The molecule has 1 amide bonds. The Kier molecular flexibility index (Phi) is 5.01. The van der Waals surface area contributed by atoms with Crippen LogP contribution in [0.4, 0.5) is 11.4 Å². The lowest BCUT2D eigenvalue weighted by Crippen LogP contribution is -2.23. The molecule has 0 atom stereocenters. The number of amides is 1. The number of carbonyl (C=O) groups excluding carboxylic acids is 1. The summed E-state index contributed by atoms with van der Waals surface area (Å²) in [6.07, 6.45) is 0. The van der Waals surface area contributed by atoms with E-state index in [1.165, 1.54) is 0 Å². The highest BCUT2D eigenvalue weighted by molar-refractivity contribution is 6.00. The third-order valence-corrected chi connectivity index (χ3v) is 4.43. The van der Waals surface area contributed by atoms with E-state index in [-0.39, 0.29) is 12.7 Å². The average molecular weight is 376 g/mol. The van der Waals surface area contributed by atoms with E-state index in [1.807, 2.05) is 60.7 Å². The summed E-state index contributed by atoms with van der Waals surface area (Å²) in [5.74, 6) is 2.05. The Morgan fingerprint density at radius 3 is 2.61 bits per heavy atom. The van der Waals surface area contributed by atoms with Crippen molar-refractivity contribution in [3.05, 3.63) is 77.9 Å². The molecule has 1 aliphatic heterocycles. The fourth-order valence-electron chi connectivity index (χ4n) is 2.95. The maximum Gasteiger partial charge on any atom is 0.253 e. The number of rotatable bonds is 6. The summed E-state index contributed by atoms with van der Waals surface area (Å²) >= 11 is 0. The first-order valence-corrected chi connectivity index (χ1v) is 8.90. The SMILES string of the molecule is COc1ccc(Nc2ccccc2C(=O)NCc2ccc3c(c2)OCO3)cc1. The third-order valence-electron chi connectivity index (χ3n) is 4.43. The van der Waals surface area contributed by atoms with E-state index < -0.39 is 0 Å². The Bertz CT molecular complexity index is 986. The van der Waals surface area contributed by atoms with Crippen LogP contribution in [-0.2, 0) is 6.54 Å². The molecule has 6 nitrogen and oxygen atoms in total. The summed E-state index contributed by atoms with van der Waals surface area (Å²) in [7, 11) is 1.63. The number of methoxy groups -OCH3 is 1. The summed E-state index contributed by atoms with van der Waals surface area (Å²) in [5, 5.41) is 6.24. The van der Waals surface area contributed by atoms with Crippen LogP contribution in [0.25, 0.3) is 0 Å². The summed E-state index contributed by atoms with van der Waals surface area (Å²) < 4.78 is 15.9. The van der Waals surface area contributed by atoms with E-state index in [0.29, 0.717) is 17.9 Å².